The summed E-state index contributed by atoms with van der Waals surface area (Å²) < 4.78 is 10.1. The number of carbonyl (C=O) groups excluding carboxylic acids is 1. The summed E-state index contributed by atoms with van der Waals surface area (Å²) in [6, 6.07) is 4.01. The first kappa shape index (κ1) is 14.7. The Labute approximate surface area is 110 Å². The molecular formula is C12H16N2O5. The van der Waals surface area contributed by atoms with Gasteiger partial charge in [-0.1, -0.05) is 0 Å². The number of anilines is 1. The van der Waals surface area contributed by atoms with Crippen molar-refractivity contribution in [1.29, 1.82) is 0 Å². The van der Waals surface area contributed by atoms with E-state index in [-0.39, 0.29) is 17.5 Å². The molecule has 0 aliphatic heterocycles. The first-order valence-electron chi connectivity index (χ1n) is 5.63. The second kappa shape index (κ2) is 6.03. The molecule has 0 saturated carbocycles. The lowest BCUT2D eigenvalue weighted by Gasteiger charge is -2.20. The number of carbonyl (C=O) groups is 1. The van der Waals surface area contributed by atoms with Crippen LogP contribution in [0.5, 0.6) is 5.75 Å². The van der Waals surface area contributed by atoms with Gasteiger partial charge in [-0.3, -0.25) is 15.0 Å². The number of methoxy groups -OCH3 is 1. The molecule has 0 saturated heterocycles. The molecule has 0 aromatic heterocycles. The minimum Gasteiger partial charge on any atom is -0.495 e. The average molecular weight is 268 g/mol. The molecule has 7 nitrogen and oxygen atoms in total. The maximum atomic E-state index is 11.8. The Morgan fingerprint density at radius 1 is 1.42 bits per heavy atom. The molecule has 0 radical (unpaired) electrons. The van der Waals surface area contributed by atoms with E-state index < -0.39 is 11.0 Å². The van der Waals surface area contributed by atoms with Gasteiger partial charge in [0.05, 0.1) is 23.8 Å². The van der Waals surface area contributed by atoms with Crippen LogP contribution in [0.4, 0.5) is 16.2 Å². The van der Waals surface area contributed by atoms with Crippen LogP contribution in [0.1, 0.15) is 13.8 Å². The third-order valence-electron chi connectivity index (χ3n) is 2.34. The van der Waals surface area contributed by atoms with E-state index in [0.29, 0.717) is 5.75 Å². The van der Waals surface area contributed by atoms with Gasteiger partial charge in [-0.2, -0.15) is 0 Å². The molecule has 0 atom stereocenters. The summed E-state index contributed by atoms with van der Waals surface area (Å²) in [4.78, 5) is 23.2. The van der Waals surface area contributed by atoms with Gasteiger partial charge in [0.25, 0.3) is 5.69 Å². The van der Waals surface area contributed by atoms with E-state index in [0.717, 1.165) is 0 Å². The molecule has 0 heterocycles. The maximum absolute atomic E-state index is 11.8. The van der Waals surface area contributed by atoms with Crippen molar-refractivity contribution in [1.82, 2.24) is 0 Å². The highest BCUT2D eigenvalue weighted by Gasteiger charge is 2.20. The SMILES string of the molecule is COc1ccc([N+](=O)[O-])cc1N(C)C(=O)OC(C)C. The van der Waals surface area contributed by atoms with Crippen LogP contribution in [0, 0.1) is 10.1 Å². The number of nitro groups is 1. The zero-order valence-electron chi connectivity index (χ0n) is 11.2. The van der Waals surface area contributed by atoms with Crippen molar-refractivity contribution in [2.45, 2.75) is 20.0 Å². The summed E-state index contributed by atoms with van der Waals surface area (Å²) in [5.41, 5.74) is 0.155. The van der Waals surface area contributed by atoms with E-state index in [9.17, 15) is 14.9 Å². The fraction of sp³-hybridized carbons (Fsp3) is 0.417. The van der Waals surface area contributed by atoms with Crippen LogP contribution in [0.25, 0.3) is 0 Å². The summed E-state index contributed by atoms with van der Waals surface area (Å²) in [5, 5.41) is 10.8. The molecule has 19 heavy (non-hydrogen) atoms. The van der Waals surface area contributed by atoms with Gasteiger partial charge in [-0.25, -0.2) is 4.79 Å². The maximum Gasteiger partial charge on any atom is 0.414 e. The van der Waals surface area contributed by atoms with E-state index >= 15 is 0 Å². The zero-order chi connectivity index (χ0) is 14.6. The van der Waals surface area contributed by atoms with Crippen molar-refractivity contribution in [3.05, 3.63) is 28.3 Å². The van der Waals surface area contributed by atoms with Gasteiger partial charge in [0.1, 0.15) is 5.75 Å². The normalized spacial score (nSPS) is 10.2. The Hall–Kier alpha value is -2.31. The molecule has 1 rings (SSSR count). The number of hydrogen-bond acceptors (Lipinski definition) is 5. The van der Waals surface area contributed by atoms with Crippen LogP contribution >= 0.6 is 0 Å². The van der Waals surface area contributed by atoms with Gasteiger partial charge in [0.15, 0.2) is 0 Å². The van der Waals surface area contributed by atoms with Gasteiger partial charge in [0.2, 0.25) is 0 Å². The van der Waals surface area contributed by atoms with Gasteiger partial charge in [-0.05, 0) is 19.9 Å². The van der Waals surface area contributed by atoms with Crippen LogP contribution < -0.4 is 9.64 Å². The fourth-order valence-electron chi connectivity index (χ4n) is 1.43. The highest BCUT2D eigenvalue weighted by atomic mass is 16.6. The van der Waals surface area contributed by atoms with Crippen LogP contribution in [-0.2, 0) is 4.74 Å². The Balaban J connectivity index is 3.12. The van der Waals surface area contributed by atoms with E-state index in [4.69, 9.17) is 9.47 Å². The Bertz CT molecular complexity index is 487. The summed E-state index contributed by atoms with van der Waals surface area (Å²) >= 11 is 0. The number of nitro benzene ring substituents is 1. The highest BCUT2D eigenvalue weighted by Crippen LogP contribution is 2.31. The van der Waals surface area contributed by atoms with Gasteiger partial charge >= 0.3 is 6.09 Å². The van der Waals surface area contributed by atoms with Crippen LogP contribution in [0.2, 0.25) is 0 Å². The second-order valence-corrected chi connectivity index (χ2v) is 4.10. The standard InChI is InChI=1S/C12H16N2O5/c1-8(2)19-12(15)13(3)10-7-9(14(16)17)5-6-11(10)18-4/h5-8H,1-4H3. The lowest BCUT2D eigenvalue weighted by Crippen LogP contribution is -2.29. The predicted molar refractivity (Wildman–Crippen MR) is 69.7 cm³/mol. The number of rotatable bonds is 4. The van der Waals surface area contributed by atoms with Crippen molar-refractivity contribution >= 4 is 17.5 Å². The number of nitrogens with zero attached hydrogens (tertiary/aromatic N) is 2. The summed E-state index contributed by atoms with van der Waals surface area (Å²) in [5.74, 6) is 0.355. The second-order valence-electron chi connectivity index (χ2n) is 4.10. The van der Waals surface area contributed by atoms with Gasteiger partial charge in [0, 0.05) is 19.2 Å². The van der Waals surface area contributed by atoms with Crippen molar-refractivity contribution in [3.63, 3.8) is 0 Å². The first-order chi connectivity index (χ1) is 8.86. The van der Waals surface area contributed by atoms with Crippen LogP contribution in [0.3, 0.4) is 0 Å². The van der Waals surface area contributed by atoms with E-state index in [2.05, 4.69) is 0 Å². The number of ether oxygens (including phenoxy) is 2. The molecule has 7 heteroatoms. The third kappa shape index (κ3) is 3.57. The van der Waals surface area contributed by atoms with Crippen molar-refractivity contribution in [2.24, 2.45) is 0 Å². The largest absolute Gasteiger partial charge is 0.495 e. The van der Waals surface area contributed by atoms with E-state index in [1.165, 1.54) is 37.3 Å². The minimum atomic E-state index is -0.603. The number of non-ortho nitro benzene ring substituents is 1. The molecule has 1 aromatic carbocycles. The predicted octanol–water partition coefficient (Wildman–Crippen LogP) is 2.58. The molecule has 0 aliphatic rings. The number of amides is 1. The molecule has 0 unspecified atom stereocenters. The zero-order valence-corrected chi connectivity index (χ0v) is 11.2. The highest BCUT2D eigenvalue weighted by molar-refractivity contribution is 5.89. The monoisotopic (exact) mass is 268 g/mol. The van der Waals surface area contributed by atoms with Gasteiger partial charge in [-0.15, -0.1) is 0 Å². The number of hydrogen-bond donors (Lipinski definition) is 0. The first-order valence-corrected chi connectivity index (χ1v) is 5.63. The van der Waals surface area contributed by atoms with E-state index in [1.807, 2.05) is 0 Å². The average Bonchev–Trinajstić information content (AvgIpc) is 2.36. The third-order valence-corrected chi connectivity index (χ3v) is 2.34. The molecule has 0 spiro atoms. The minimum absolute atomic E-state index is 0.125. The lowest BCUT2D eigenvalue weighted by atomic mass is 10.2. The Morgan fingerprint density at radius 2 is 2.05 bits per heavy atom. The number of benzene rings is 1. The molecule has 0 fully saturated rings. The molecule has 104 valence electrons. The molecule has 0 bridgehead atoms. The molecule has 1 amide bonds. The summed E-state index contributed by atoms with van der Waals surface area (Å²) in [7, 11) is 2.89. The molecule has 1 aromatic rings. The quantitative estimate of drug-likeness (QED) is 0.619. The van der Waals surface area contributed by atoms with Crippen LogP contribution in [0.15, 0.2) is 18.2 Å². The fourth-order valence-corrected chi connectivity index (χ4v) is 1.43. The molecular weight excluding hydrogens is 252 g/mol. The summed E-state index contributed by atoms with van der Waals surface area (Å²) in [6.45, 7) is 3.44. The van der Waals surface area contributed by atoms with Crippen molar-refractivity contribution in [2.75, 3.05) is 19.1 Å². The van der Waals surface area contributed by atoms with Crippen LogP contribution in [-0.4, -0.2) is 31.3 Å². The van der Waals surface area contributed by atoms with E-state index in [1.54, 1.807) is 13.8 Å². The molecule has 0 N–H and O–H groups in total. The topological polar surface area (TPSA) is 81.9 Å². The van der Waals surface area contributed by atoms with Crippen molar-refractivity contribution < 1.29 is 19.2 Å². The lowest BCUT2D eigenvalue weighted by molar-refractivity contribution is -0.384. The Morgan fingerprint density at radius 3 is 2.53 bits per heavy atom. The molecule has 0 aliphatic carbocycles. The smallest absolute Gasteiger partial charge is 0.414 e. The van der Waals surface area contributed by atoms with Crippen molar-refractivity contribution in [3.8, 4) is 5.75 Å². The van der Waals surface area contributed by atoms with Gasteiger partial charge < -0.3 is 9.47 Å². The summed E-state index contributed by atoms with van der Waals surface area (Å²) in [6.07, 6.45) is -0.881. The Kier molecular flexibility index (Phi) is 4.68.